The summed E-state index contributed by atoms with van der Waals surface area (Å²) in [6.45, 7) is 0. The van der Waals surface area contributed by atoms with Crippen molar-refractivity contribution in [2.24, 2.45) is 0 Å². The molecule has 0 radical (unpaired) electrons. The standard InChI is InChI=1S/C8H5N3O2/c12-11(13)8-2-4-10-7-5-9-3-1-6(7)8/h1-5H. The van der Waals surface area contributed by atoms with Crippen molar-refractivity contribution in [2.75, 3.05) is 0 Å². The molecule has 13 heavy (non-hydrogen) atoms. The number of pyridine rings is 2. The van der Waals surface area contributed by atoms with Gasteiger partial charge in [-0.05, 0) is 6.07 Å². The summed E-state index contributed by atoms with van der Waals surface area (Å²) >= 11 is 0. The Morgan fingerprint density at radius 2 is 2.15 bits per heavy atom. The van der Waals surface area contributed by atoms with E-state index in [-0.39, 0.29) is 5.69 Å². The van der Waals surface area contributed by atoms with Gasteiger partial charge in [0.25, 0.3) is 5.69 Å². The van der Waals surface area contributed by atoms with Crippen LogP contribution in [0.1, 0.15) is 0 Å². The maximum atomic E-state index is 10.6. The molecular formula is C8H5N3O2. The SMILES string of the molecule is O=[N+]([O-])c1ccnc2cnccc12. The third-order valence-corrected chi connectivity index (χ3v) is 1.72. The third-order valence-electron chi connectivity index (χ3n) is 1.72. The largest absolute Gasteiger partial charge is 0.280 e. The second-order valence-corrected chi connectivity index (χ2v) is 2.48. The molecule has 0 saturated carbocycles. The molecule has 0 aliphatic carbocycles. The lowest BCUT2D eigenvalue weighted by atomic mass is 10.2. The summed E-state index contributed by atoms with van der Waals surface area (Å²) in [5, 5.41) is 11.1. The van der Waals surface area contributed by atoms with Crippen LogP contribution in [-0.4, -0.2) is 14.9 Å². The molecule has 0 amide bonds. The first-order valence-corrected chi connectivity index (χ1v) is 3.62. The summed E-state index contributed by atoms with van der Waals surface area (Å²) in [4.78, 5) is 17.9. The highest BCUT2D eigenvalue weighted by molar-refractivity contribution is 5.86. The summed E-state index contributed by atoms with van der Waals surface area (Å²) in [5.41, 5.74) is 0.601. The molecule has 2 heterocycles. The molecule has 0 atom stereocenters. The number of aromatic nitrogens is 2. The number of nitro groups is 1. The van der Waals surface area contributed by atoms with E-state index < -0.39 is 4.92 Å². The smallest absolute Gasteiger partial charge is 0.262 e. The lowest BCUT2D eigenvalue weighted by Gasteiger charge is -1.95. The summed E-state index contributed by atoms with van der Waals surface area (Å²) < 4.78 is 0. The van der Waals surface area contributed by atoms with Crippen molar-refractivity contribution in [3.63, 3.8) is 0 Å². The summed E-state index contributed by atoms with van der Waals surface area (Å²) in [7, 11) is 0. The van der Waals surface area contributed by atoms with Gasteiger partial charge < -0.3 is 0 Å². The van der Waals surface area contributed by atoms with Gasteiger partial charge in [-0.25, -0.2) is 0 Å². The maximum Gasteiger partial charge on any atom is 0.280 e. The second-order valence-electron chi connectivity index (χ2n) is 2.48. The lowest BCUT2D eigenvalue weighted by molar-refractivity contribution is -0.383. The van der Waals surface area contributed by atoms with Crippen molar-refractivity contribution in [2.45, 2.75) is 0 Å². The van der Waals surface area contributed by atoms with Crippen molar-refractivity contribution < 1.29 is 4.92 Å². The molecular weight excluding hydrogens is 170 g/mol. The molecule has 2 aromatic heterocycles. The topological polar surface area (TPSA) is 68.9 Å². The molecule has 0 N–H and O–H groups in total. The normalized spacial score (nSPS) is 10.2. The molecule has 5 heteroatoms. The van der Waals surface area contributed by atoms with Gasteiger partial charge in [-0.15, -0.1) is 0 Å². The third kappa shape index (κ3) is 1.20. The van der Waals surface area contributed by atoms with E-state index in [0.717, 1.165) is 0 Å². The van der Waals surface area contributed by atoms with E-state index in [4.69, 9.17) is 0 Å². The number of hydrogen-bond acceptors (Lipinski definition) is 4. The zero-order valence-corrected chi connectivity index (χ0v) is 6.54. The van der Waals surface area contributed by atoms with Gasteiger partial charge in [-0.3, -0.25) is 20.1 Å². The predicted molar refractivity (Wildman–Crippen MR) is 46.2 cm³/mol. The van der Waals surface area contributed by atoms with Crippen LogP contribution in [-0.2, 0) is 0 Å². The van der Waals surface area contributed by atoms with Crippen molar-refractivity contribution >= 4 is 16.6 Å². The Morgan fingerprint density at radius 3 is 2.92 bits per heavy atom. The first kappa shape index (κ1) is 7.60. The molecule has 0 aromatic carbocycles. The molecule has 0 aliphatic heterocycles. The van der Waals surface area contributed by atoms with Crippen LogP contribution in [0.5, 0.6) is 0 Å². The number of rotatable bonds is 1. The average molecular weight is 175 g/mol. The monoisotopic (exact) mass is 175 g/mol. The van der Waals surface area contributed by atoms with Crippen molar-refractivity contribution in [1.29, 1.82) is 0 Å². The molecule has 0 aliphatic rings. The summed E-state index contributed by atoms with van der Waals surface area (Å²) in [5.74, 6) is 0. The van der Waals surface area contributed by atoms with Gasteiger partial charge in [0.1, 0.15) is 0 Å². The minimum atomic E-state index is -0.427. The Hall–Kier alpha value is -2.04. The Morgan fingerprint density at radius 1 is 1.31 bits per heavy atom. The summed E-state index contributed by atoms with van der Waals surface area (Å²) in [6, 6.07) is 2.96. The highest BCUT2D eigenvalue weighted by Gasteiger charge is 2.10. The van der Waals surface area contributed by atoms with Crippen LogP contribution in [0.15, 0.2) is 30.7 Å². The highest BCUT2D eigenvalue weighted by atomic mass is 16.6. The highest BCUT2D eigenvalue weighted by Crippen LogP contribution is 2.21. The number of hydrogen-bond donors (Lipinski definition) is 0. The fourth-order valence-corrected chi connectivity index (χ4v) is 1.14. The van der Waals surface area contributed by atoms with Crippen LogP contribution >= 0.6 is 0 Å². The van der Waals surface area contributed by atoms with Crippen molar-refractivity contribution in [1.82, 2.24) is 9.97 Å². The van der Waals surface area contributed by atoms with Crippen LogP contribution in [0.2, 0.25) is 0 Å². The van der Waals surface area contributed by atoms with Crippen LogP contribution in [0.25, 0.3) is 10.9 Å². The summed E-state index contributed by atoms with van der Waals surface area (Å²) in [6.07, 6.45) is 4.42. The zero-order chi connectivity index (χ0) is 9.26. The predicted octanol–water partition coefficient (Wildman–Crippen LogP) is 1.54. The molecule has 2 rings (SSSR count). The molecule has 0 spiro atoms. The van der Waals surface area contributed by atoms with E-state index >= 15 is 0 Å². The quantitative estimate of drug-likeness (QED) is 0.487. The molecule has 5 nitrogen and oxygen atoms in total. The Bertz CT molecular complexity index is 464. The van der Waals surface area contributed by atoms with E-state index in [0.29, 0.717) is 10.9 Å². The van der Waals surface area contributed by atoms with Gasteiger partial charge in [0.15, 0.2) is 0 Å². The Balaban J connectivity index is 2.83. The van der Waals surface area contributed by atoms with Crippen molar-refractivity contribution in [3.05, 3.63) is 40.8 Å². The fraction of sp³-hybridized carbons (Fsp3) is 0. The van der Waals surface area contributed by atoms with Crippen LogP contribution in [0, 0.1) is 10.1 Å². The maximum absolute atomic E-state index is 10.6. The molecule has 0 unspecified atom stereocenters. The Kier molecular flexibility index (Phi) is 1.63. The Labute approximate surface area is 73.2 Å². The average Bonchev–Trinajstić information content (AvgIpc) is 2.17. The van der Waals surface area contributed by atoms with Crippen LogP contribution in [0.3, 0.4) is 0 Å². The minimum absolute atomic E-state index is 0.0624. The van der Waals surface area contributed by atoms with Gasteiger partial charge in [0, 0.05) is 18.5 Å². The van der Waals surface area contributed by atoms with Gasteiger partial charge in [-0.2, -0.15) is 0 Å². The molecule has 64 valence electrons. The van der Waals surface area contributed by atoms with Crippen LogP contribution < -0.4 is 0 Å². The van der Waals surface area contributed by atoms with E-state index in [2.05, 4.69) is 9.97 Å². The molecule has 0 fully saturated rings. The number of nitrogens with zero attached hydrogens (tertiary/aromatic N) is 3. The molecule has 2 aromatic rings. The molecule has 0 bridgehead atoms. The lowest BCUT2D eigenvalue weighted by Crippen LogP contribution is -1.90. The zero-order valence-electron chi connectivity index (χ0n) is 6.54. The van der Waals surface area contributed by atoms with E-state index in [1.165, 1.54) is 24.7 Å². The van der Waals surface area contributed by atoms with E-state index in [1.807, 2.05) is 0 Å². The number of fused-ring (bicyclic) bond motifs is 1. The first-order valence-electron chi connectivity index (χ1n) is 3.62. The van der Waals surface area contributed by atoms with E-state index in [9.17, 15) is 10.1 Å². The van der Waals surface area contributed by atoms with Gasteiger partial charge in [0.2, 0.25) is 0 Å². The van der Waals surface area contributed by atoms with E-state index in [1.54, 1.807) is 6.07 Å². The molecule has 0 saturated heterocycles. The van der Waals surface area contributed by atoms with Gasteiger partial charge in [-0.1, -0.05) is 0 Å². The second kappa shape index (κ2) is 2.78. The van der Waals surface area contributed by atoms with Crippen molar-refractivity contribution in [3.8, 4) is 0 Å². The fourth-order valence-electron chi connectivity index (χ4n) is 1.14. The van der Waals surface area contributed by atoms with Gasteiger partial charge >= 0.3 is 0 Å². The van der Waals surface area contributed by atoms with Crippen LogP contribution in [0.4, 0.5) is 5.69 Å². The minimum Gasteiger partial charge on any atom is -0.262 e. The van der Waals surface area contributed by atoms with Gasteiger partial charge in [0.05, 0.1) is 22.0 Å². The first-order chi connectivity index (χ1) is 6.29.